The van der Waals surface area contributed by atoms with Gasteiger partial charge in [0.25, 0.3) is 0 Å². The van der Waals surface area contributed by atoms with Crippen LogP contribution in [-0.4, -0.2) is 11.9 Å². The Bertz CT molecular complexity index is 491. The van der Waals surface area contributed by atoms with Gasteiger partial charge in [0.05, 0.1) is 11.6 Å². The molecule has 18 heavy (non-hydrogen) atoms. The standard InChI is InChI=1S/C13H14Br2N2O/c1-7-4-10(14)12(11(15)5-7)17-13(18)8-2-3-9(16)6-8/h2-5,8-9H,6,16H2,1H3,(H,17,18). The number of anilines is 1. The van der Waals surface area contributed by atoms with Crippen LogP contribution in [0.25, 0.3) is 0 Å². The van der Waals surface area contributed by atoms with E-state index >= 15 is 0 Å². The summed E-state index contributed by atoms with van der Waals surface area (Å²) in [5.41, 5.74) is 7.63. The minimum absolute atomic E-state index is 0.00866. The third kappa shape index (κ3) is 3.02. The van der Waals surface area contributed by atoms with E-state index in [0.29, 0.717) is 6.42 Å². The second kappa shape index (κ2) is 5.55. The summed E-state index contributed by atoms with van der Waals surface area (Å²) < 4.78 is 1.74. The van der Waals surface area contributed by atoms with Gasteiger partial charge in [0.1, 0.15) is 0 Å². The molecule has 0 saturated heterocycles. The first-order valence-corrected chi connectivity index (χ1v) is 7.26. The first kappa shape index (κ1) is 13.8. The van der Waals surface area contributed by atoms with Gasteiger partial charge in [-0.15, -0.1) is 0 Å². The number of amides is 1. The maximum atomic E-state index is 12.1. The molecule has 3 N–H and O–H groups in total. The summed E-state index contributed by atoms with van der Waals surface area (Å²) in [6.07, 6.45) is 4.42. The largest absolute Gasteiger partial charge is 0.324 e. The highest BCUT2D eigenvalue weighted by molar-refractivity contribution is 9.11. The Labute approximate surface area is 123 Å². The molecule has 5 heteroatoms. The van der Waals surface area contributed by atoms with Gasteiger partial charge in [0, 0.05) is 15.0 Å². The van der Waals surface area contributed by atoms with Crippen molar-refractivity contribution in [2.24, 2.45) is 11.7 Å². The van der Waals surface area contributed by atoms with Crippen molar-refractivity contribution in [3.8, 4) is 0 Å². The summed E-state index contributed by atoms with van der Waals surface area (Å²) in [6.45, 7) is 2.00. The highest BCUT2D eigenvalue weighted by Crippen LogP contribution is 2.33. The molecule has 0 fully saturated rings. The number of hydrogen-bond acceptors (Lipinski definition) is 2. The first-order valence-electron chi connectivity index (χ1n) is 5.68. The molecule has 0 heterocycles. The first-order chi connectivity index (χ1) is 8.47. The Morgan fingerprint density at radius 3 is 2.44 bits per heavy atom. The Morgan fingerprint density at radius 1 is 1.33 bits per heavy atom. The summed E-state index contributed by atoms with van der Waals surface area (Å²) in [6, 6.07) is 3.93. The zero-order valence-corrected chi connectivity index (χ0v) is 13.1. The molecule has 1 aromatic rings. The van der Waals surface area contributed by atoms with Gasteiger partial charge < -0.3 is 11.1 Å². The van der Waals surface area contributed by atoms with Crippen molar-refractivity contribution in [2.45, 2.75) is 19.4 Å². The lowest BCUT2D eigenvalue weighted by Crippen LogP contribution is -2.24. The molecule has 2 atom stereocenters. The number of benzene rings is 1. The Kier molecular flexibility index (Phi) is 4.25. The quantitative estimate of drug-likeness (QED) is 0.781. The molecule has 2 rings (SSSR count). The number of aryl methyl sites for hydroxylation is 1. The average Bonchev–Trinajstić information content (AvgIpc) is 2.70. The van der Waals surface area contributed by atoms with E-state index in [1.165, 1.54) is 0 Å². The van der Waals surface area contributed by atoms with E-state index in [1.807, 2.05) is 31.2 Å². The van der Waals surface area contributed by atoms with Gasteiger partial charge in [0.15, 0.2) is 0 Å². The molecule has 1 aliphatic rings. The molecular weight excluding hydrogens is 360 g/mol. The fourth-order valence-electron chi connectivity index (χ4n) is 1.96. The molecule has 0 radical (unpaired) electrons. The molecule has 96 valence electrons. The lowest BCUT2D eigenvalue weighted by atomic mass is 10.1. The number of hydrogen-bond donors (Lipinski definition) is 2. The molecule has 1 amide bonds. The fraction of sp³-hybridized carbons (Fsp3) is 0.308. The number of rotatable bonds is 2. The van der Waals surface area contributed by atoms with Crippen molar-refractivity contribution in [3.05, 3.63) is 38.8 Å². The third-order valence-electron chi connectivity index (χ3n) is 2.89. The van der Waals surface area contributed by atoms with Crippen molar-refractivity contribution in [2.75, 3.05) is 5.32 Å². The van der Waals surface area contributed by atoms with Gasteiger partial charge in [-0.3, -0.25) is 4.79 Å². The molecule has 0 bridgehead atoms. The zero-order valence-electron chi connectivity index (χ0n) is 9.91. The molecule has 3 nitrogen and oxygen atoms in total. The van der Waals surface area contributed by atoms with Gasteiger partial charge in [-0.2, -0.15) is 0 Å². The van der Waals surface area contributed by atoms with Crippen molar-refractivity contribution >= 4 is 43.5 Å². The maximum absolute atomic E-state index is 12.1. The minimum atomic E-state index is -0.139. The van der Waals surface area contributed by atoms with Gasteiger partial charge in [-0.25, -0.2) is 0 Å². The molecule has 0 saturated carbocycles. The van der Waals surface area contributed by atoms with Gasteiger partial charge in [0.2, 0.25) is 5.91 Å². The summed E-state index contributed by atoms with van der Waals surface area (Å²) in [5.74, 6) is -0.162. The molecular formula is C13H14Br2N2O. The Hall–Kier alpha value is -0.650. The Morgan fingerprint density at radius 2 is 1.94 bits per heavy atom. The molecule has 0 spiro atoms. The van der Waals surface area contributed by atoms with Gasteiger partial charge in [-0.1, -0.05) is 12.2 Å². The van der Waals surface area contributed by atoms with Crippen molar-refractivity contribution in [3.63, 3.8) is 0 Å². The van der Waals surface area contributed by atoms with Crippen LogP contribution in [0.4, 0.5) is 5.69 Å². The van der Waals surface area contributed by atoms with Crippen LogP contribution in [-0.2, 0) is 4.79 Å². The zero-order chi connectivity index (χ0) is 13.3. The fourth-order valence-corrected chi connectivity index (χ4v) is 3.57. The van der Waals surface area contributed by atoms with E-state index in [4.69, 9.17) is 5.73 Å². The third-order valence-corrected chi connectivity index (χ3v) is 4.14. The molecule has 2 unspecified atom stereocenters. The van der Waals surface area contributed by atoms with Crippen LogP contribution in [0.5, 0.6) is 0 Å². The summed E-state index contributed by atoms with van der Waals surface area (Å²) in [5, 5.41) is 2.93. The van der Waals surface area contributed by atoms with Gasteiger partial charge in [-0.05, 0) is 62.9 Å². The number of carbonyl (C=O) groups excluding carboxylic acids is 1. The van der Waals surface area contributed by atoms with Crippen LogP contribution in [0, 0.1) is 12.8 Å². The predicted octanol–water partition coefficient (Wildman–Crippen LogP) is 3.36. The monoisotopic (exact) mass is 372 g/mol. The van der Waals surface area contributed by atoms with Gasteiger partial charge >= 0.3 is 0 Å². The number of halogens is 2. The number of carbonyl (C=O) groups is 1. The topological polar surface area (TPSA) is 55.1 Å². The normalized spacial score (nSPS) is 22.2. The van der Waals surface area contributed by atoms with Crippen LogP contribution in [0.15, 0.2) is 33.2 Å². The highest BCUT2D eigenvalue weighted by Gasteiger charge is 2.23. The average molecular weight is 374 g/mol. The summed E-state index contributed by atoms with van der Waals surface area (Å²) in [7, 11) is 0. The van der Waals surface area contributed by atoms with E-state index in [0.717, 1.165) is 20.2 Å². The van der Waals surface area contributed by atoms with E-state index in [9.17, 15) is 4.79 Å². The Balaban J connectivity index is 2.15. The smallest absolute Gasteiger partial charge is 0.231 e. The second-order valence-corrected chi connectivity index (χ2v) is 6.19. The van der Waals surface area contributed by atoms with Crippen LogP contribution < -0.4 is 11.1 Å². The van der Waals surface area contributed by atoms with E-state index in [1.54, 1.807) is 0 Å². The van der Waals surface area contributed by atoms with E-state index < -0.39 is 0 Å². The lowest BCUT2D eigenvalue weighted by Gasteiger charge is -2.14. The number of nitrogens with one attached hydrogen (secondary N) is 1. The molecule has 1 aliphatic carbocycles. The van der Waals surface area contributed by atoms with Crippen LogP contribution >= 0.6 is 31.9 Å². The molecule has 0 aliphatic heterocycles. The minimum Gasteiger partial charge on any atom is -0.324 e. The van der Waals surface area contributed by atoms with Crippen molar-refractivity contribution < 1.29 is 4.79 Å². The summed E-state index contributed by atoms with van der Waals surface area (Å²) >= 11 is 6.92. The maximum Gasteiger partial charge on any atom is 0.231 e. The predicted molar refractivity (Wildman–Crippen MR) is 80.4 cm³/mol. The highest BCUT2D eigenvalue weighted by atomic mass is 79.9. The van der Waals surface area contributed by atoms with E-state index in [-0.39, 0.29) is 17.9 Å². The van der Waals surface area contributed by atoms with E-state index in [2.05, 4.69) is 37.2 Å². The summed E-state index contributed by atoms with van der Waals surface area (Å²) in [4.78, 5) is 12.1. The molecule has 1 aromatic carbocycles. The van der Waals surface area contributed by atoms with Crippen molar-refractivity contribution in [1.82, 2.24) is 0 Å². The SMILES string of the molecule is Cc1cc(Br)c(NC(=O)C2C=CC(N)C2)c(Br)c1. The lowest BCUT2D eigenvalue weighted by molar-refractivity contribution is -0.118. The van der Waals surface area contributed by atoms with Crippen LogP contribution in [0.2, 0.25) is 0 Å². The second-order valence-electron chi connectivity index (χ2n) is 4.48. The number of nitrogens with two attached hydrogens (primary N) is 1. The van der Waals surface area contributed by atoms with Crippen molar-refractivity contribution in [1.29, 1.82) is 0 Å². The van der Waals surface area contributed by atoms with Crippen LogP contribution in [0.1, 0.15) is 12.0 Å². The molecule has 0 aromatic heterocycles. The van der Waals surface area contributed by atoms with Crippen LogP contribution in [0.3, 0.4) is 0 Å².